The van der Waals surface area contributed by atoms with E-state index in [-0.39, 0.29) is 0 Å². The van der Waals surface area contributed by atoms with Crippen LogP contribution in [0.4, 0.5) is 0 Å². The molecule has 0 saturated heterocycles. The van der Waals surface area contributed by atoms with E-state index in [9.17, 15) is 0 Å². The van der Waals surface area contributed by atoms with E-state index in [0.29, 0.717) is 0 Å². The van der Waals surface area contributed by atoms with E-state index in [1.54, 1.807) is 0 Å². The van der Waals surface area contributed by atoms with Gasteiger partial charge >= 0.3 is 154 Å². The van der Waals surface area contributed by atoms with E-state index in [2.05, 4.69) is 45.4 Å². The van der Waals surface area contributed by atoms with Gasteiger partial charge in [-0.05, 0) is 0 Å². The molecule has 6 nitrogen and oxygen atoms in total. The third-order valence-corrected chi connectivity index (χ3v) is 5.36. The Kier molecular flexibility index (Phi) is 34.4. The Balaban J connectivity index is -0.000000173. The van der Waals surface area contributed by atoms with Crippen molar-refractivity contribution < 1.29 is 47.4 Å². The van der Waals surface area contributed by atoms with Crippen LogP contribution in [0.2, 0.25) is 0 Å². The van der Waals surface area contributed by atoms with Crippen LogP contribution < -0.4 is 0 Å². The quantitative estimate of drug-likeness (QED) is 0.323. The Bertz CT molecular complexity index is 398. The van der Waals surface area contributed by atoms with Crippen molar-refractivity contribution in [2.75, 3.05) is 7.11 Å². The van der Waals surface area contributed by atoms with Gasteiger partial charge in [-0.15, -0.1) is 0 Å². The first kappa shape index (κ1) is 30.8. The second-order valence-corrected chi connectivity index (χ2v) is 5.85. The number of hydrogen-bond donors (Lipinski definition) is 0. The van der Waals surface area contributed by atoms with Gasteiger partial charge in [-0.25, -0.2) is 0 Å². The minimum atomic E-state index is 0.727. The van der Waals surface area contributed by atoms with Crippen molar-refractivity contribution >= 4 is 4.08 Å². The summed E-state index contributed by atoms with van der Waals surface area (Å²) in [6.45, 7) is 22.5. The maximum atomic E-state index is 7.50. The van der Waals surface area contributed by atoms with Gasteiger partial charge < -0.3 is 0 Å². The molecule has 0 radical (unpaired) electrons. The van der Waals surface area contributed by atoms with Gasteiger partial charge in [-0.3, -0.25) is 0 Å². The number of rotatable bonds is 2. The molecule has 0 N–H and O–H groups in total. The van der Waals surface area contributed by atoms with Crippen LogP contribution in [-0.2, 0) is 47.4 Å². The molecular weight excluding hydrogens is 484 g/mol. The third kappa shape index (κ3) is 12.4. The van der Waals surface area contributed by atoms with Gasteiger partial charge in [0.2, 0.25) is 0 Å². The summed E-state index contributed by atoms with van der Waals surface area (Å²) >= 11 is 1.52. The normalized spacial score (nSPS) is 21.7. The van der Waals surface area contributed by atoms with Crippen LogP contribution in [0.25, 0.3) is 0 Å². The van der Waals surface area contributed by atoms with Crippen molar-refractivity contribution in [2.45, 2.75) is 32.1 Å². The Labute approximate surface area is 154 Å². The van der Waals surface area contributed by atoms with Gasteiger partial charge in [-0.1, -0.05) is 0 Å². The molecule has 0 bridgehead atoms. The average Bonchev–Trinajstić information content (AvgIpc) is 2.74. The van der Waals surface area contributed by atoms with E-state index in [1.165, 1.54) is 55.5 Å². The Hall–Kier alpha value is -1.04. The molecule has 2 aliphatic carbocycles. The summed E-state index contributed by atoms with van der Waals surface area (Å²) in [4.78, 5) is 0. The number of allylic oxidation sites excluding steroid dienone is 2. The molecule has 1 fully saturated rings. The first-order chi connectivity index (χ1) is 11.8. The van der Waals surface area contributed by atoms with Crippen LogP contribution in [0.1, 0.15) is 32.1 Å². The van der Waals surface area contributed by atoms with Crippen molar-refractivity contribution in [1.29, 1.82) is 0 Å². The fourth-order valence-electron chi connectivity index (χ4n) is 2.92. The summed E-state index contributed by atoms with van der Waals surface area (Å²) in [6, 6.07) is 0. The first-order valence-corrected chi connectivity index (χ1v) is 8.06. The molecule has 2 aliphatic rings. The molecule has 1 saturated carbocycles. The summed E-state index contributed by atoms with van der Waals surface area (Å²) in [7, 11) is 1.83. The standard InChI is InChI=1S/C12H18O.5CO.W/c1-13-9-11-7-4-6-10-5-2-3-8-12(10)11;5*1-2;/h4,6,10-12H,2-3,5,7-8H2,1H3;;;;;;/t10-,11-,12+;;;;;;/m0....../s1. The summed E-state index contributed by atoms with van der Waals surface area (Å²) in [5.41, 5.74) is 0. The number of methoxy groups -OCH3 is 1. The van der Waals surface area contributed by atoms with Gasteiger partial charge in [0.25, 0.3) is 0 Å². The fraction of sp³-hybridized carbons (Fsp3) is 0.529. The molecule has 7 heteroatoms. The summed E-state index contributed by atoms with van der Waals surface area (Å²) in [6.07, 6.45) is 11.7. The van der Waals surface area contributed by atoms with Crippen molar-refractivity contribution in [2.24, 2.45) is 17.8 Å². The zero-order chi connectivity index (χ0) is 20.0. The van der Waals surface area contributed by atoms with E-state index in [1.807, 2.05) is 7.11 Å². The topological polar surface area (TPSA) is 109 Å². The molecule has 3 atom stereocenters. The number of fused-ring (bicyclic) bond motifs is 1. The Morgan fingerprint density at radius 2 is 1.38 bits per heavy atom. The van der Waals surface area contributed by atoms with E-state index >= 15 is 0 Å². The summed E-state index contributed by atoms with van der Waals surface area (Å²) in [5.74, 6) is 2.47. The second kappa shape index (κ2) is 26.8. The van der Waals surface area contributed by atoms with Crippen LogP contribution in [-0.4, -0.2) is 11.2 Å². The fourth-order valence-corrected chi connectivity index (χ4v) is 3.90. The summed E-state index contributed by atoms with van der Waals surface area (Å²) in [5, 5.41) is 0. The number of ether oxygens (including phenoxy) is 1. The van der Waals surface area contributed by atoms with Crippen LogP contribution in [0.3, 0.4) is 0 Å². The monoisotopic (exact) mass is 502 g/mol. The van der Waals surface area contributed by atoms with Crippen molar-refractivity contribution in [3.05, 3.63) is 45.4 Å². The zero-order valence-corrected chi connectivity index (χ0v) is 16.2. The molecule has 0 aliphatic heterocycles. The van der Waals surface area contributed by atoms with Gasteiger partial charge in [0.05, 0.1) is 0 Å². The SMILES string of the molecule is CO[C](=[W])[C@@H]1CC=C[C@@H]2CCCC[C@H]21.[C-]#[O+].[C-]#[O+].[C-]#[O+].[C-]#[O+].[C-]#[O+]. The molecule has 0 unspecified atom stereocenters. The second-order valence-electron chi connectivity index (χ2n) is 4.41. The van der Waals surface area contributed by atoms with Gasteiger partial charge in [0, 0.05) is 0 Å². The molecule has 0 amide bonds. The van der Waals surface area contributed by atoms with E-state index < -0.39 is 0 Å². The van der Waals surface area contributed by atoms with Crippen molar-refractivity contribution in [3.8, 4) is 0 Å². The Morgan fingerprint density at radius 1 is 0.917 bits per heavy atom. The molecule has 0 aromatic heterocycles. The molecule has 0 spiro atoms. The first-order valence-electron chi connectivity index (χ1n) is 6.59. The molecular formula is C17H18O6W. The van der Waals surface area contributed by atoms with Crippen LogP contribution in [0, 0.1) is 51.0 Å². The van der Waals surface area contributed by atoms with E-state index in [0.717, 1.165) is 17.8 Å². The van der Waals surface area contributed by atoms with E-state index in [4.69, 9.17) is 28.0 Å². The molecule has 0 aromatic rings. The molecule has 0 heterocycles. The summed E-state index contributed by atoms with van der Waals surface area (Å²) < 4.78 is 44.3. The molecule has 2 rings (SSSR count). The maximum absolute atomic E-state index is 7.50. The van der Waals surface area contributed by atoms with Gasteiger partial charge in [-0.2, -0.15) is 0 Å². The molecule has 0 aromatic carbocycles. The van der Waals surface area contributed by atoms with Crippen LogP contribution in [0.5, 0.6) is 0 Å². The van der Waals surface area contributed by atoms with Gasteiger partial charge in [0.1, 0.15) is 0 Å². The molecule has 128 valence electrons. The predicted octanol–water partition coefficient (Wildman–Crippen LogP) is 2.50. The third-order valence-electron chi connectivity index (χ3n) is 3.67. The molecule has 24 heavy (non-hydrogen) atoms. The van der Waals surface area contributed by atoms with Crippen LogP contribution >= 0.6 is 0 Å². The van der Waals surface area contributed by atoms with Crippen molar-refractivity contribution in [3.63, 3.8) is 0 Å². The van der Waals surface area contributed by atoms with Gasteiger partial charge in [0.15, 0.2) is 0 Å². The van der Waals surface area contributed by atoms with Crippen molar-refractivity contribution in [1.82, 2.24) is 0 Å². The predicted molar refractivity (Wildman–Crippen MR) is 74.4 cm³/mol. The average molecular weight is 502 g/mol. The van der Waals surface area contributed by atoms with Crippen LogP contribution in [0.15, 0.2) is 12.2 Å². The zero-order valence-electron chi connectivity index (χ0n) is 13.3. The minimum absolute atomic E-state index is 0.727. The Morgan fingerprint density at radius 3 is 1.83 bits per heavy atom. The number of hydrogen-bond acceptors (Lipinski definition) is 1.